The highest BCUT2D eigenvalue weighted by molar-refractivity contribution is 7.90. The molecule has 2 aromatic rings. The molecule has 4 nitrogen and oxygen atoms in total. The largest absolute Gasteiger partial charge is 0.612 e. The van der Waals surface area contributed by atoms with E-state index in [1.54, 1.807) is 6.26 Å². The van der Waals surface area contributed by atoms with E-state index in [2.05, 4.69) is 41.0 Å². The van der Waals surface area contributed by atoms with Gasteiger partial charge in [0.1, 0.15) is 12.0 Å². The van der Waals surface area contributed by atoms with E-state index in [4.69, 9.17) is 4.74 Å². The Kier molecular flexibility index (Phi) is 7.06. The summed E-state index contributed by atoms with van der Waals surface area (Å²) in [4.78, 5) is 0.896. The molecule has 0 aromatic heterocycles. The van der Waals surface area contributed by atoms with Crippen LogP contribution in [0.1, 0.15) is 35.6 Å². The smallest absolute Gasteiger partial charge is 0.153 e. The molecule has 0 bridgehead atoms. The van der Waals surface area contributed by atoms with Gasteiger partial charge in [0.2, 0.25) is 0 Å². The molecular weight excluding hydrogens is 380 g/mol. The molecular formula is C21H27ClN2O2S. The van der Waals surface area contributed by atoms with E-state index in [0.717, 1.165) is 48.7 Å². The Morgan fingerprint density at radius 1 is 1.26 bits per heavy atom. The summed E-state index contributed by atoms with van der Waals surface area (Å²) in [5.41, 5.74) is 3.65. The van der Waals surface area contributed by atoms with Crippen LogP contribution in [-0.4, -0.2) is 30.0 Å². The molecule has 0 radical (unpaired) electrons. The van der Waals surface area contributed by atoms with Crippen molar-refractivity contribution >= 4 is 23.6 Å². The number of fused-ring (bicyclic) bond motifs is 1. The molecule has 3 atom stereocenters. The van der Waals surface area contributed by atoms with E-state index in [0.29, 0.717) is 12.1 Å². The Bertz CT molecular complexity index is 757. The Balaban J connectivity index is 0.00000210. The van der Waals surface area contributed by atoms with Gasteiger partial charge in [-0.2, -0.15) is 0 Å². The Labute approximate surface area is 170 Å². The van der Waals surface area contributed by atoms with E-state index < -0.39 is 11.2 Å². The lowest BCUT2D eigenvalue weighted by atomic mass is 9.92. The molecule has 0 spiro atoms. The monoisotopic (exact) mass is 406 g/mol. The number of rotatable bonds is 5. The van der Waals surface area contributed by atoms with Gasteiger partial charge in [-0.3, -0.25) is 0 Å². The molecule has 1 saturated heterocycles. The van der Waals surface area contributed by atoms with Gasteiger partial charge in [0.15, 0.2) is 4.90 Å². The summed E-state index contributed by atoms with van der Waals surface area (Å²) >= 11 is -0.972. The first-order valence-electron chi connectivity index (χ1n) is 9.36. The summed E-state index contributed by atoms with van der Waals surface area (Å²) in [5, 5.41) is 7.40. The van der Waals surface area contributed by atoms with E-state index >= 15 is 0 Å². The van der Waals surface area contributed by atoms with Crippen molar-refractivity contribution in [2.45, 2.75) is 42.8 Å². The van der Waals surface area contributed by atoms with Gasteiger partial charge >= 0.3 is 0 Å². The molecule has 0 aliphatic carbocycles. The summed E-state index contributed by atoms with van der Waals surface area (Å²) in [7, 11) is 0. The summed E-state index contributed by atoms with van der Waals surface area (Å²) in [6.07, 6.45) is 4.97. The van der Waals surface area contributed by atoms with Gasteiger partial charge in [-0.1, -0.05) is 30.3 Å². The quantitative estimate of drug-likeness (QED) is 0.747. The van der Waals surface area contributed by atoms with E-state index in [1.807, 2.05) is 12.1 Å². The minimum Gasteiger partial charge on any atom is -0.612 e. The molecule has 6 heteroatoms. The SMILES string of the molecule is C[S+]([O-])c1cc2c(c(CN[C@H]3CCCN[C@H]3c3ccccc3)c1)OCC2.Cl. The normalized spacial score (nSPS) is 22.4. The minimum absolute atomic E-state index is 0. The fraction of sp³-hybridized carbons (Fsp3) is 0.429. The number of piperidine rings is 1. The number of hydrogen-bond donors (Lipinski definition) is 2. The highest BCUT2D eigenvalue weighted by Gasteiger charge is 2.27. The van der Waals surface area contributed by atoms with Crippen LogP contribution in [0.25, 0.3) is 0 Å². The molecule has 146 valence electrons. The second-order valence-electron chi connectivity index (χ2n) is 7.10. The molecule has 0 saturated carbocycles. The minimum atomic E-state index is -0.972. The van der Waals surface area contributed by atoms with Gasteiger partial charge < -0.3 is 19.9 Å². The van der Waals surface area contributed by atoms with Crippen molar-refractivity contribution in [3.8, 4) is 5.75 Å². The van der Waals surface area contributed by atoms with Crippen LogP contribution in [0.5, 0.6) is 5.75 Å². The number of ether oxygens (including phenoxy) is 1. The third kappa shape index (κ3) is 4.61. The van der Waals surface area contributed by atoms with Crippen molar-refractivity contribution in [1.82, 2.24) is 10.6 Å². The van der Waals surface area contributed by atoms with E-state index in [-0.39, 0.29) is 12.4 Å². The van der Waals surface area contributed by atoms with Crippen molar-refractivity contribution in [2.75, 3.05) is 19.4 Å². The second-order valence-corrected chi connectivity index (χ2v) is 8.47. The molecule has 2 aliphatic rings. The van der Waals surface area contributed by atoms with Crippen molar-refractivity contribution in [3.63, 3.8) is 0 Å². The summed E-state index contributed by atoms with van der Waals surface area (Å²) < 4.78 is 17.8. The lowest BCUT2D eigenvalue weighted by Gasteiger charge is -2.34. The Morgan fingerprint density at radius 2 is 2.07 bits per heavy atom. The lowest BCUT2D eigenvalue weighted by molar-refractivity contribution is 0.301. The standard InChI is InChI=1S/C21H26N2O2S.ClH/c1-26(24)18-12-16-9-11-25-21(16)17(13-18)14-23-19-8-5-10-22-20(19)15-6-3-2-4-7-15;/h2-4,6-7,12-13,19-20,22-23H,5,8-11,14H2,1H3;1H/t19-,20-,26?;/m0./s1. The van der Waals surface area contributed by atoms with E-state index in [1.165, 1.54) is 17.5 Å². The zero-order valence-electron chi connectivity index (χ0n) is 15.6. The van der Waals surface area contributed by atoms with Crippen molar-refractivity contribution in [2.24, 2.45) is 0 Å². The second kappa shape index (κ2) is 9.30. The highest BCUT2D eigenvalue weighted by atomic mass is 35.5. The number of halogens is 1. The average molecular weight is 407 g/mol. The third-order valence-corrected chi connectivity index (χ3v) is 6.24. The molecule has 1 unspecified atom stereocenters. The van der Waals surface area contributed by atoms with Gasteiger partial charge in [0.05, 0.1) is 6.61 Å². The first kappa shape index (κ1) is 20.5. The van der Waals surface area contributed by atoms with Crippen LogP contribution in [0.3, 0.4) is 0 Å². The van der Waals surface area contributed by atoms with Crippen LogP contribution in [0, 0.1) is 0 Å². The molecule has 27 heavy (non-hydrogen) atoms. The van der Waals surface area contributed by atoms with Gasteiger partial charge in [-0.15, -0.1) is 12.4 Å². The first-order valence-corrected chi connectivity index (χ1v) is 10.9. The first-order chi connectivity index (χ1) is 12.7. The molecule has 2 aliphatic heterocycles. The maximum atomic E-state index is 12.0. The van der Waals surface area contributed by atoms with E-state index in [9.17, 15) is 4.55 Å². The van der Waals surface area contributed by atoms with Crippen LogP contribution in [0.4, 0.5) is 0 Å². The lowest BCUT2D eigenvalue weighted by Crippen LogP contribution is -2.45. The van der Waals surface area contributed by atoms with Gasteiger partial charge in [0.25, 0.3) is 0 Å². The number of nitrogens with one attached hydrogen (secondary N) is 2. The molecule has 0 amide bonds. The zero-order valence-corrected chi connectivity index (χ0v) is 17.2. The Morgan fingerprint density at radius 3 is 2.85 bits per heavy atom. The number of benzene rings is 2. The fourth-order valence-corrected chi connectivity index (χ4v) is 4.63. The predicted octanol–water partition coefficient (Wildman–Crippen LogP) is 3.36. The van der Waals surface area contributed by atoms with Crippen molar-refractivity contribution in [3.05, 3.63) is 59.2 Å². The molecule has 2 aromatic carbocycles. The Hall–Kier alpha value is -1.24. The third-order valence-electron chi connectivity index (χ3n) is 5.34. The van der Waals surface area contributed by atoms with Crippen LogP contribution in [0.15, 0.2) is 47.4 Å². The number of hydrogen-bond acceptors (Lipinski definition) is 4. The maximum Gasteiger partial charge on any atom is 0.153 e. The van der Waals surface area contributed by atoms with Crippen LogP contribution >= 0.6 is 12.4 Å². The average Bonchev–Trinajstić information content (AvgIpc) is 3.16. The van der Waals surface area contributed by atoms with Crippen LogP contribution < -0.4 is 15.4 Å². The van der Waals surface area contributed by atoms with Gasteiger partial charge in [-0.05, 0) is 36.1 Å². The topological polar surface area (TPSA) is 56.3 Å². The summed E-state index contributed by atoms with van der Waals surface area (Å²) in [6, 6.07) is 15.4. The molecule has 2 heterocycles. The van der Waals surface area contributed by atoms with Gasteiger partial charge in [-0.25, -0.2) is 0 Å². The zero-order chi connectivity index (χ0) is 17.9. The van der Waals surface area contributed by atoms with Crippen molar-refractivity contribution < 1.29 is 9.29 Å². The fourth-order valence-electron chi connectivity index (χ4n) is 4.01. The van der Waals surface area contributed by atoms with Gasteiger partial charge in [0, 0.05) is 48.3 Å². The summed E-state index contributed by atoms with van der Waals surface area (Å²) in [6.45, 7) is 2.52. The maximum absolute atomic E-state index is 12.0. The molecule has 4 rings (SSSR count). The molecule has 2 N–H and O–H groups in total. The predicted molar refractivity (Wildman–Crippen MR) is 112 cm³/mol. The summed E-state index contributed by atoms with van der Waals surface area (Å²) in [5.74, 6) is 0.992. The van der Waals surface area contributed by atoms with Crippen LogP contribution in [-0.2, 0) is 24.1 Å². The van der Waals surface area contributed by atoms with Crippen LogP contribution in [0.2, 0.25) is 0 Å². The van der Waals surface area contributed by atoms with Crippen molar-refractivity contribution in [1.29, 1.82) is 0 Å². The highest BCUT2D eigenvalue weighted by Crippen LogP contribution is 2.33. The molecule has 1 fully saturated rings.